The van der Waals surface area contributed by atoms with Gasteiger partial charge in [-0.3, -0.25) is 9.48 Å². The highest BCUT2D eigenvalue weighted by atomic mass is 16.5. The van der Waals surface area contributed by atoms with Crippen LogP contribution in [0, 0.1) is 0 Å². The molecular weight excluding hydrogens is 356 g/mol. The van der Waals surface area contributed by atoms with Crippen LogP contribution in [0.2, 0.25) is 0 Å². The monoisotopic (exact) mass is 380 g/mol. The Bertz CT molecular complexity index is 976. The van der Waals surface area contributed by atoms with Gasteiger partial charge in [0, 0.05) is 32.0 Å². The Kier molecular flexibility index (Phi) is 5.10. The maximum Gasteiger partial charge on any atom is 0.293 e. The molecule has 28 heavy (non-hydrogen) atoms. The zero-order chi connectivity index (χ0) is 19.5. The van der Waals surface area contributed by atoms with Crippen LogP contribution in [0.15, 0.2) is 30.5 Å². The van der Waals surface area contributed by atoms with Crippen molar-refractivity contribution in [2.75, 3.05) is 29.9 Å². The minimum absolute atomic E-state index is 0.126. The van der Waals surface area contributed by atoms with E-state index in [1.54, 1.807) is 16.8 Å². The van der Waals surface area contributed by atoms with Crippen molar-refractivity contribution in [1.82, 2.24) is 19.7 Å². The van der Waals surface area contributed by atoms with E-state index in [1.807, 2.05) is 32.3 Å². The average molecular weight is 380 g/mol. The van der Waals surface area contributed by atoms with E-state index in [1.165, 1.54) is 6.42 Å². The summed E-state index contributed by atoms with van der Waals surface area (Å²) in [6.07, 6.45) is 5.38. The number of benzene rings is 1. The summed E-state index contributed by atoms with van der Waals surface area (Å²) in [6.45, 7) is 4.39. The molecule has 1 amide bonds. The Morgan fingerprint density at radius 2 is 1.89 bits per heavy atom. The summed E-state index contributed by atoms with van der Waals surface area (Å²) in [5, 5.41) is 8.13. The van der Waals surface area contributed by atoms with Crippen LogP contribution in [0.25, 0.3) is 11.0 Å². The Morgan fingerprint density at radius 3 is 2.61 bits per heavy atom. The van der Waals surface area contributed by atoms with Crippen molar-refractivity contribution < 1.29 is 9.53 Å². The summed E-state index contributed by atoms with van der Waals surface area (Å²) in [7, 11) is 1.85. The zero-order valence-electron chi connectivity index (χ0n) is 16.2. The lowest BCUT2D eigenvalue weighted by atomic mass is 10.1. The van der Waals surface area contributed by atoms with Crippen LogP contribution < -0.4 is 15.0 Å². The first-order valence-electron chi connectivity index (χ1n) is 9.64. The number of carbonyl (C=O) groups excluding carboxylic acids is 1. The summed E-state index contributed by atoms with van der Waals surface area (Å²) >= 11 is 0. The van der Waals surface area contributed by atoms with Crippen molar-refractivity contribution in [3.8, 4) is 5.75 Å². The van der Waals surface area contributed by atoms with Crippen molar-refractivity contribution in [3.63, 3.8) is 0 Å². The van der Waals surface area contributed by atoms with Gasteiger partial charge in [-0.25, -0.2) is 9.97 Å². The summed E-state index contributed by atoms with van der Waals surface area (Å²) in [6, 6.07) is 7.24. The quantitative estimate of drug-likeness (QED) is 0.732. The lowest BCUT2D eigenvalue weighted by Crippen LogP contribution is -2.31. The van der Waals surface area contributed by atoms with Gasteiger partial charge >= 0.3 is 0 Å². The Hall–Kier alpha value is -3.16. The van der Waals surface area contributed by atoms with E-state index in [0.29, 0.717) is 17.9 Å². The summed E-state index contributed by atoms with van der Waals surface area (Å²) in [5.41, 5.74) is 1.20. The van der Waals surface area contributed by atoms with E-state index >= 15 is 0 Å². The van der Waals surface area contributed by atoms with Gasteiger partial charge in [-0.05, 0) is 50.5 Å². The highest BCUT2D eigenvalue weighted by molar-refractivity contribution is 6.03. The van der Waals surface area contributed by atoms with Crippen LogP contribution in [-0.2, 0) is 7.05 Å². The van der Waals surface area contributed by atoms with Gasteiger partial charge in [0.2, 0.25) is 5.82 Å². The molecule has 1 aliphatic heterocycles. The predicted octanol–water partition coefficient (Wildman–Crippen LogP) is 3.00. The molecule has 0 bridgehead atoms. The number of ether oxygens (including phenoxy) is 1. The molecule has 3 aromatic rings. The maximum atomic E-state index is 12.8. The highest BCUT2D eigenvalue weighted by Gasteiger charge is 2.21. The van der Waals surface area contributed by atoms with E-state index in [9.17, 15) is 4.79 Å². The highest BCUT2D eigenvalue weighted by Crippen LogP contribution is 2.26. The maximum absolute atomic E-state index is 12.8. The number of hydrogen-bond acceptors (Lipinski definition) is 6. The molecule has 146 valence electrons. The molecular formula is C20H24N6O2. The molecule has 4 rings (SSSR count). The third kappa shape index (κ3) is 3.76. The van der Waals surface area contributed by atoms with Crippen LogP contribution in [-0.4, -0.2) is 45.4 Å². The fraction of sp³-hybridized carbons (Fsp3) is 0.400. The van der Waals surface area contributed by atoms with Gasteiger partial charge in [-0.15, -0.1) is 0 Å². The third-order valence-corrected chi connectivity index (χ3v) is 4.76. The number of fused-ring (bicyclic) bond motifs is 1. The smallest absolute Gasteiger partial charge is 0.293 e. The van der Waals surface area contributed by atoms with E-state index in [0.717, 1.165) is 42.9 Å². The second kappa shape index (κ2) is 7.84. The molecule has 1 saturated heterocycles. The minimum Gasteiger partial charge on any atom is -0.494 e. The molecule has 0 spiro atoms. The molecule has 0 aliphatic carbocycles. The number of aryl methyl sites for hydroxylation is 1. The fourth-order valence-corrected chi connectivity index (χ4v) is 3.44. The van der Waals surface area contributed by atoms with Gasteiger partial charge in [0.15, 0.2) is 5.65 Å². The lowest BCUT2D eigenvalue weighted by molar-refractivity contribution is 0.101. The van der Waals surface area contributed by atoms with Crippen molar-refractivity contribution in [2.45, 2.75) is 26.2 Å². The summed E-state index contributed by atoms with van der Waals surface area (Å²) in [5.74, 6) is 1.32. The van der Waals surface area contributed by atoms with Crippen molar-refractivity contribution >= 4 is 28.4 Å². The molecule has 8 heteroatoms. The second-order valence-corrected chi connectivity index (χ2v) is 6.87. The van der Waals surface area contributed by atoms with Gasteiger partial charge < -0.3 is 15.0 Å². The number of aromatic nitrogens is 4. The topological polar surface area (TPSA) is 85.2 Å². The van der Waals surface area contributed by atoms with Gasteiger partial charge in [-0.1, -0.05) is 0 Å². The Morgan fingerprint density at radius 1 is 1.14 bits per heavy atom. The van der Waals surface area contributed by atoms with Crippen LogP contribution in [0.4, 0.5) is 11.5 Å². The predicted molar refractivity (Wildman–Crippen MR) is 108 cm³/mol. The molecule has 8 nitrogen and oxygen atoms in total. The Labute approximate surface area is 163 Å². The number of nitrogens with one attached hydrogen (secondary N) is 1. The molecule has 0 unspecified atom stereocenters. The number of nitrogens with zero attached hydrogens (tertiary/aromatic N) is 5. The number of piperidine rings is 1. The molecule has 1 aromatic carbocycles. The van der Waals surface area contributed by atoms with Gasteiger partial charge in [-0.2, -0.15) is 5.10 Å². The number of rotatable bonds is 5. The van der Waals surface area contributed by atoms with Crippen molar-refractivity contribution in [3.05, 3.63) is 36.3 Å². The molecule has 1 aliphatic rings. The molecule has 1 N–H and O–H groups in total. The second-order valence-electron chi connectivity index (χ2n) is 6.87. The average Bonchev–Trinajstić information content (AvgIpc) is 3.09. The standard InChI is InChI=1S/C20H24N6O2/c1-3-28-15-9-7-14(8-10-15)21-20(27)18-22-17-16(13-25(2)24-17)19(23-18)26-11-5-4-6-12-26/h7-10,13H,3-6,11-12H2,1-2H3,(H,21,27). The number of hydrogen-bond donors (Lipinski definition) is 1. The number of carbonyl (C=O) groups is 1. The first kappa shape index (κ1) is 18.2. The van der Waals surface area contributed by atoms with Crippen molar-refractivity contribution in [2.24, 2.45) is 7.05 Å². The van der Waals surface area contributed by atoms with Crippen LogP contribution in [0.3, 0.4) is 0 Å². The van der Waals surface area contributed by atoms with E-state index < -0.39 is 0 Å². The molecule has 1 fully saturated rings. The van der Waals surface area contributed by atoms with Gasteiger partial charge in [0.25, 0.3) is 5.91 Å². The molecule has 0 saturated carbocycles. The van der Waals surface area contributed by atoms with Gasteiger partial charge in [0.05, 0.1) is 12.0 Å². The Balaban J connectivity index is 1.62. The van der Waals surface area contributed by atoms with Crippen LogP contribution in [0.1, 0.15) is 36.8 Å². The fourth-order valence-electron chi connectivity index (χ4n) is 3.44. The summed E-state index contributed by atoms with van der Waals surface area (Å²) < 4.78 is 7.14. The third-order valence-electron chi connectivity index (χ3n) is 4.76. The lowest BCUT2D eigenvalue weighted by Gasteiger charge is -2.28. The molecule has 2 aromatic heterocycles. The number of amides is 1. The molecule has 0 atom stereocenters. The van der Waals surface area contributed by atoms with E-state index in [4.69, 9.17) is 4.74 Å². The van der Waals surface area contributed by atoms with Crippen LogP contribution in [0.5, 0.6) is 5.75 Å². The molecule has 0 radical (unpaired) electrons. The van der Waals surface area contributed by atoms with Crippen LogP contribution >= 0.6 is 0 Å². The largest absolute Gasteiger partial charge is 0.494 e. The normalized spacial score (nSPS) is 14.3. The van der Waals surface area contributed by atoms with E-state index in [-0.39, 0.29) is 11.7 Å². The van der Waals surface area contributed by atoms with E-state index in [2.05, 4.69) is 25.3 Å². The first-order valence-corrected chi connectivity index (χ1v) is 9.64. The zero-order valence-corrected chi connectivity index (χ0v) is 16.2. The SMILES string of the molecule is CCOc1ccc(NC(=O)c2nc(N3CCCCC3)c3cn(C)nc3n2)cc1. The minimum atomic E-state index is -0.352. The summed E-state index contributed by atoms with van der Waals surface area (Å²) in [4.78, 5) is 24.0. The van der Waals surface area contributed by atoms with Crippen molar-refractivity contribution in [1.29, 1.82) is 0 Å². The number of anilines is 2. The first-order chi connectivity index (χ1) is 13.6. The van der Waals surface area contributed by atoms with Gasteiger partial charge in [0.1, 0.15) is 11.6 Å². The molecule has 3 heterocycles.